The number of hydrogen-bond acceptors (Lipinski definition) is 5. The average Bonchev–Trinajstić information content (AvgIpc) is 2.57. The van der Waals surface area contributed by atoms with Crippen LogP contribution in [0.2, 0.25) is 0 Å². The smallest absolute Gasteiger partial charge is 0.255 e. The summed E-state index contributed by atoms with van der Waals surface area (Å²) in [5.74, 6) is 1.08. The number of carbonyl (C=O) groups excluding carboxylic acids is 1. The first-order valence-corrected chi connectivity index (χ1v) is 7.44. The SMILES string of the molecule is Cc1n[c-]nc(Cc2ccc(C(=O)Nc3ccccc3N)cc2)n1.[Y]. The first-order valence-electron chi connectivity index (χ1n) is 7.44. The summed E-state index contributed by atoms with van der Waals surface area (Å²) in [6.07, 6.45) is 3.14. The number of nitrogens with one attached hydrogen (secondary N) is 1. The first-order chi connectivity index (χ1) is 11.6. The zero-order valence-electron chi connectivity index (χ0n) is 13.7. The number of nitrogens with two attached hydrogens (primary N) is 1. The Balaban J connectivity index is 0.00000225. The number of carbonyl (C=O) groups is 1. The molecular weight excluding hydrogens is 391 g/mol. The predicted octanol–water partition coefficient (Wildman–Crippen LogP) is 2.40. The van der Waals surface area contributed by atoms with Gasteiger partial charge in [-0.25, -0.2) is 0 Å². The molecule has 2 aromatic carbocycles. The Labute approximate surface area is 171 Å². The van der Waals surface area contributed by atoms with E-state index in [0.29, 0.717) is 35.0 Å². The molecule has 1 aromatic heterocycles. The van der Waals surface area contributed by atoms with Gasteiger partial charge in [-0.2, -0.15) is 0 Å². The monoisotopic (exact) mass is 407 g/mol. The van der Waals surface area contributed by atoms with Crippen LogP contribution in [-0.4, -0.2) is 20.9 Å². The molecule has 0 bridgehead atoms. The van der Waals surface area contributed by atoms with E-state index in [2.05, 4.69) is 26.6 Å². The van der Waals surface area contributed by atoms with Gasteiger partial charge < -0.3 is 26.0 Å². The van der Waals surface area contributed by atoms with Crippen molar-refractivity contribution in [2.24, 2.45) is 0 Å². The van der Waals surface area contributed by atoms with Gasteiger partial charge in [0.2, 0.25) is 0 Å². The molecule has 0 spiro atoms. The van der Waals surface area contributed by atoms with Gasteiger partial charge in [0.15, 0.2) is 0 Å². The Morgan fingerprint density at radius 3 is 2.52 bits per heavy atom. The van der Waals surface area contributed by atoms with Gasteiger partial charge in [-0.15, -0.1) is 0 Å². The Morgan fingerprint density at radius 1 is 1.12 bits per heavy atom. The Hall–Kier alpha value is -2.18. The maximum Gasteiger partial charge on any atom is 0.255 e. The van der Waals surface area contributed by atoms with Gasteiger partial charge in [0.25, 0.3) is 5.91 Å². The molecule has 3 aromatic rings. The van der Waals surface area contributed by atoms with E-state index in [4.69, 9.17) is 5.73 Å². The summed E-state index contributed by atoms with van der Waals surface area (Å²) >= 11 is 0. The summed E-state index contributed by atoms with van der Waals surface area (Å²) in [6, 6.07) is 14.4. The molecule has 1 heterocycles. The van der Waals surface area contributed by atoms with Crippen molar-refractivity contribution in [1.82, 2.24) is 15.0 Å². The number of amides is 1. The van der Waals surface area contributed by atoms with E-state index in [1.807, 2.05) is 24.3 Å². The fourth-order valence-electron chi connectivity index (χ4n) is 2.23. The van der Waals surface area contributed by atoms with Gasteiger partial charge in [0.05, 0.1) is 11.4 Å². The van der Waals surface area contributed by atoms with Crippen LogP contribution in [0.15, 0.2) is 48.5 Å². The molecule has 0 aliphatic heterocycles. The Bertz CT molecular complexity index is 867. The van der Waals surface area contributed by atoms with Crippen LogP contribution in [0.5, 0.6) is 0 Å². The van der Waals surface area contributed by atoms with Gasteiger partial charge in [0, 0.05) is 56.2 Å². The van der Waals surface area contributed by atoms with Crippen LogP contribution in [0.4, 0.5) is 11.4 Å². The quantitative estimate of drug-likeness (QED) is 0.512. The van der Waals surface area contributed by atoms with E-state index in [1.165, 1.54) is 0 Å². The fraction of sp³-hybridized carbons (Fsp3) is 0.111. The molecule has 3 N–H and O–H groups in total. The van der Waals surface area contributed by atoms with Crippen LogP contribution in [0.25, 0.3) is 0 Å². The Morgan fingerprint density at radius 2 is 1.84 bits per heavy atom. The third-order valence-corrected chi connectivity index (χ3v) is 3.47. The fourth-order valence-corrected chi connectivity index (χ4v) is 2.23. The molecule has 25 heavy (non-hydrogen) atoms. The minimum atomic E-state index is -0.205. The number of aryl methyl sites for hydroxylation is 1. The molecule has 0 fully saturated rings. The molecular formula is C18H16N5OY-. The molecule has 0 saturated carbocycles. The third kappa shape index (κ3) is 5.15. The van der Waals surface area contributed by atoms with Crippen molar-refractivity contribution in [2.75, 3.05) is 11.1 Å². The molecule has 6 nitrogen and oxygen atoms in total. The minimum absolute atomic E-state index is 0. The van der Waals surface area contributed by atoms with Gasteiger partial charge in [-0.05, 0) is 30.7 Å². The molecule has 3 rings (SSSR count). The summed E-state index contributed by atoms with van der Waals surface area (Å²) in [5, 5.41) is 2.80. The average molecular weight is 407 g/mol. The second-order valence-corrected chi connectivity index (χ2v) is 5.31. The molecule has 0 aliphatic rings. The second-order valence-electron chi connectivity index (χ2n) is 5.31. The van der Waals surface area contributed by atoms with Crippen LogP contribution in [0.3, 0.4) is 0 Å². The predicted molar refractivity (Wildman–Crippen MR) is 91.5 cm³/mol. The van der Waals surface area contributed by atoms with Gasteiger partial charge in [0.1, 0.15) is 0 Å². The molecule has 1 radical (unpaired) electrons. The summed E-state index contributed by atoms with van der Waals surface area (Å²) in [4.78, 5) is 24.4. The van der Waals surface area contributed by atoms with Crippen molar-refractivity contribution in [3.05, 3.63) is 77.6 Å². The van der Waals surface area contributed by atoms with E-state index in [-0.39, 0.29) is 38.6 Å². The number of hydrogen-bond donors (Lipinski definition) is 2. The molecule has 0 saturated heterocycles. The summed E-state index contributed by atoms with van der Waals surface area (Å²) < 4.78 is 0. The topological polar surface area (TPSA) is 93.8 Å². The van der Waals surface area contributed by atoms with Crippen LogP contribution in [0.1, 0.15) is 27.6 Å². The van der Waals surface area contributed by atoms with E-state index >= 15 is 0 Å². The van der Waals surface area contributed by atoms with Crippen LogP contribution < -0.4 is 11.1 Å². The number of para-hydroxylation sites is 2. The standard InChI is InChI=1S/C18H16N5O.Y/c1-12-20-11-21-17(22-12)10-13-6-8-14(9-7-13)18(24)23-16-5-3-2-4-15(16)19;/h2-9H,10,19H2,1H3,(H,23,24);/q-1;. The number of rotatable bonds is 4. The van der Waals surface area contributed by atoms with Crippen LogP contribution >= 0.6 is 0 Å². The molecule has 0 aliphatic carbocycles. The van der Waals surface area contributed by atoms with Crippen LogP contribution in [0, 0.1) is 13.3 Å². The normalized spacial score (nSPS) is 9.96. The van der Waals surface area contributed by atoms with E-state index in [0.717, 1.165) is 5.56 Å². The second kappa shape index (κ2) is 8.78. The van der Waals surface area contributed by atoms with Gasteiger partial charge in [-0.3, -0.25) is 4.79 Å². The number of benzene rings is 2. The maximum atomic E-state index is 12.3. The maximum absolute atomic E-state index is 12.3. The van der Waals surface area contributed by atoms with Gasteiger partial charge >= 0.3 is 0 Å². The zero-order valence-corrected chi connectivity index (χ0v) is 16.6. The molecule has 0 atom stereocenters. The minimum Gasteiger partial charge on any atom is -0.397 e. The molecule has 0 unspecified atom stereocenters. The molecule has 1 amide bonds. The van der Waals surface area contributed by atoms with Crippen LogP contribution in [-0.2, 0) is 39.1 Å². The molecule has 7 heteroatoms. The van der Waals surface area contributed by atoms with Crippen molar-refractivity contribution in [3.8, 4) is 0 Å². The molecule has 123 valence electrons. The van der Waals surface area contributed by atoms with Crippen molar-refractivity contribution in [1.29, 1.82) is 0 Å². The van der Waals surface area contributed by atoms with Crippen molar-refractivity contribution >= 4 is 17.3 Å². The van der Waals surface area contributed by atoms with E-state index in [1.54, 1.807) is 31.2 Å². The Kier molecular flexibility index (Phi) is 6.73. The summed E-state index contributed by atoms with van der Waals surface area (Å²) in [5.41, 5.74) is 8.52. The van der Waals surface area contributed by atoms with Crippen molar-refractivity contribution in [2.45, 2.75) is 13.3 Å². The number of anilines is 2. The van der Waals surface area contributed by atoms with Crippen molar-refractivity contribution < 1.29 is 37.5 Å². The summed E-state index contributed by atoms with van der Waals surface area (Å²) in [6.45, 7) is 1.80. The zero-order chi connectivity index (χ0) is 16.9. The number of nitrogen functional groups attached to an aromatic ring is 1. The van der Waals surface area contributed by atoms with E-state index < -0.39 is 0 Å². The first kappa shape index (κ1) is 19.2. The van der Waals surface area contributed by atoms with Gasteiger partial charge in [-0.1, -0.05) is 36.8 Å². The third-order valence-electron chi connectivity index (χ3n) is 3.47. The number of aromatic nitrogens is 3. The number of nitrogens with zero attached hydrogens (tertiary/aromatic N) is 3. The largest absolute Gasteiger partial charge is 0.397 e. The van der Waals surface area contributed by atoms with E-state index in [9.17, 15) is 4.79 Å². The van der Waals surface area contributed by atoms with Crippen molar-refractivity contribution in [3.63, 3.8) is 0 Å². The summed E-state index contributed by atoms with van der Waals surface area (Å²) in [7, 11) is 0.